The highest BCUT2D eigenvalue weighted by atomic mass is 15.2. The molecule has 0 aliphatic heterocycles. The molecule has 0 N–H and O–H groups in total. The van der Waals surface area contributed by atoms with Crippen LogP contribution in [0.1, 0.15) is 0 Å². The van der Waals surface area contributed by atoms with Crippen LogP contribution in [0.4, 0.5) is 0 Å². The van der Waals surface area contributed by atoms with Gasteiger partial charge in [0.15, 0.2) is 0 Å². The summed E-state index contributed by atoms with van der Waals surface area (Å²) in [5.74, 6) is 0.644. The van der Waals surface area contributed by atoms with Gasteiger partial charge in [0.05, 0.1) is 33.5 Å². The Morgan fingerprint density at radius 3 is 2.08 bits per heavy atom. The number of fused-ring (bicyclic) bond motifs is 8. The first-order valence-electron chi connectivity index (χ1n) is 16.1. The summed E-state index contributed by atoms with van der Waals surface area (Å²) in [5.41, 5.74) is 9.30. The van der Waals surface area contributed by atoms with Crippen LogP contribution in [-0.2, 0) is 0 Å². The second-order valence-corrected chi connectivity index (χ2v) is 12.1. The van der Waals surface area contributed by atoms with Crippen molar-refractivity contribution in [2.24, 2.45) is 0 Å². The summed E-state index contributed by atoms with van der Waals surface area (Å²) in [5, 5.41) is 6.89. The van der Waals surface area contributed by atoms with Crippen LogP contribution < -0.4 is 0 Å². The van der Waals surface area contributed by atoms with E-state index in [0.717, 1.165) is 55.5 Å². The molecular weight excluding hydrogens is 587 g/mol. The Labute approximate surface area is 276 Å². The number of nitrogens with zero attached hydrogens (tertiary/aromatic N) is 5. The van der Waals surface area contributed by atoms with Crippen molar-refractivity contribution in [2.75, 3.05) is 0 Å². The average Bonchev–Trinajstić information content (AvgIpc) is 3.75. The number of hydrogen-bond donors (Lipinski definition) is 0. The van der Waals surface area contributed by atoms with Gasteiger partial charge in [-0.3, -0.25) is 9.55 Å². The van der Waals surface area contributed by atoms with Crippen molar-refractivity contribution in [1.82, 2.24) is 24.1 Å². The van der Waals surface area contributed by atoms with Crippen molar-refractivity contribution in [2.45, 2.75) is 0 Å². The molecule has 10 aromatic rings. The molecule has 5 heteroatoms. The molecule has 0 aliphatic rings. The zero-order valence-corrected chi connectivity index (χ0v) is 25.8. The van der Waals surface area contributed by atoms with E-state index in [1.807, 2.05) is 30.5 Å². The molecule has 0 fully saturated rings. The van der Waals surface area contributed by atoms with E-state index in [-0.39, 0.29) is 0 Å². The SMILES string of the molecule is c1ccc(-n2ccc3ccc4c(c5ccc6ccccc6c5n4-c4nc(-c5ccc(-c6ccccn6)cc5)c5ccccc5n4)c32)cc1. The van der Waals surface area contributed by atoms with Crippen molar-refractivity contribution < 1.29 is 0 Å². The Morgan fingerprint density at radius 1 is 0.479 bits per heavy atom. The Bertz CT molecular complexity index is 2810. The van der Waals surface area contributed by atoms with Gasteiger partial charge in [-0.25, -0.2) is 9.97 Å². The molecular formula is C43H27N5. The maximum atomic E-state index is 5.40. The van der Waals surface area contributed by atoms with E-state index < -0.39 is 0 Å². The Hall–Kier alpha value is -6.59. The zero-order valence-electron chi connectivity index (χ0n) is 25.8. The van der Waals surface area contributed by atoms with Gasteiger partial charge in [0, 0.05) is 56.1 Å². The van der Waals surface area contributed by atoms with Crippen LogP contribution in [0.25, 0.3) is 88.5 Å². The first-order valence-corrected chi connectivity index (χ1v) is 16.1. The van der Waals surface area contributed by atoms with Gasteiger partial charge in [-0.1, -0.05) is 109 Å². The maximum Gasteiger partial charge on any atom is 0.235 e. The summed E-state index contributed by atoms with van der Waals surface area (Å²) in [7, 11) is 0. The van der Waals surface area contributed by atoms with Gasteiger partial charge >= 0.3 is 0 Å². The van der Waals surface area contributed by atoms with Crippen LogP contribution in [0, 0.1) is 0 Å². The minimum Gasteiger partial charge on any atom is -0.316 e. The molecule has 0 radical (unpaired) electrons. The first-order chi connectivity index (χ1) is 23.8. The van der Waals surface area contributed by atoms with Crippen molar-refractivity contribution in [3.05, 3.63) is 164 Å². The highest BCUT2D eigenvalue weighted by molar-refractivity contribution is 6.25. The monoisotopic (exact) mass is 613 g/mol. The topological polar surface area (TPSA) is 48.5 Å². The molecule has 48 heavy (non-hydrogen) atoms. The zero-order chi connectivity index (χ0) is 31.6. The van der Waals surface area contributed by atoms with Crippen LogP contribution in [0.5, 0.6) is 0 Å². The largest absolute Gasteiger partial charge is 0.316 e. The molecule has 0 bridgehead atoms. The van der Waals surface area contributed by atoms with Crippen molar-refractivity contribution in [3.63, 3.8) is 0 Å². The molecule has 224 valence electrons. The van der Waals surface area contributed by atoms with Gasteiger partial charge in [0.2, 0.25) is 5.95 Å². The van der Waals surface area contributed by atoms with Crippen LogP contribution in [0.3, 0.4) is 0 Å². The maximum absolute atomic E-state index is 5.40. The fourth-order valence-electron chi connectivity index (χ4n) is 7.22. The van der Waals surface area contributed by atoms with Gasteiger partial charge in [0.25, 0.3) is 0 Å². The van der Waals surface area contributed by atoms with Crippen LogP contribution in [0.15, 0.2) is 164 Å². The number of benzene rings is 6. The van der Waals surface area contributed by atoms with Crippen molar-refractivity contribution in [1.29, 1.82) is 0 Å². The second kappa shape index (κ2) is 10.5. The third-order valence-electron chi connectivity index (χ3n) is 9.41. The highest BCUT2D eigenvalue weighted by Gasteiger charge is 2.22. The molecule has 0 spiro atoms. The number of para-hydroxylation sites is 2. The smallest absolute Gasteiger partial charge is 0.235 e. The Kier molecular flexibility index (Phi) is 5.81. The van der Waals surface area contributed by atoms with E-state index in [1.165, 1.54) is 27.1 Å². The van der Waals surface area contributed by atoms with Crippen LogP contribution in [0.2, 0.25) is 0 Å². The number of hydrogen-bond acceptors (Lipinski definition) is 3. The van der Waals surface area contributed by atoms with Gasteiger partial charge in [-0.15, -0.1) is 0 Å². The molecule has 4 heterocycles. The minimum absolute atomic E-state index is 0.644. The van der Waals surface area contributed by atoms with E-state index in [9.17, 15) is 0 Å². The molecule has 0 aliphatic carbocycles. The van der Waals surface area contributed by atoms with Gasteiger partial charge < -0.3 is 4.57 Å². The summed E-state index contributed by atoms with van der Waals surface area (Å²) in [6.07, 6.45) is 4.00. The Morgan fingerprint density at radius 2 is 1.23 bits per heavy atom. The number of pyridine rings is 1. The van der Waals surface area contributed by atoms with Crippen molar-refractivity contribution in [3.8, 4) is 34.2 Å². The van der Waals surface area contributed by atoms with E-state index in [2.05, 4.69) is 148 Å². The molecule has 4 aromatic heterocycles. The lowest BCUT2D eigenvalue weighted by atomic mass is 10.0. The Balaban J connectivity index is 1.30. The van der Waals surface area contributed by atoms with Gasteiger partial charge in [0.1, 0.15) is 0 Å². The second-order valence-electron chi connectivity index (χ2n) is 12.1. The average molecular weight is 614 g/mol. The lowest BCUT2D eigenvalue weighted by Crippen LogP contribution is -2.04. The van der Waals surface area contributed by atoms with Crippen LogP contribution >= 0.6 is 0 Å². The third kappa shape index (κ3) is 4.01. The third-order valence-corrected chi connectivity index (χ3v) is 9.41. The van der Waals surface area contributed by atoms with Crippen LogP contribution in [-0.4, -0.2) is 24.1 Å². The minimum atomic E-state index is 0.644. The summed E-state index contributed by atoms with van der Waals surface area (Å²) in [6.45, 7) is 0. The lowest BCUT2D eigenvalue weighted by molar-refractivity contribution is 1.02. The quantitative estimate of drug-likeness (QED) is 0.198. The van der Waals surface area contributed by atoms with Crippen molar-refractivity contribution >= 4 is 54.4 Å². The highest BCUT2D eigenvalue weighted by Crippen LogP contribution is 2.41. The predicted octanol–water partition coefficient (Wildman–Crippen LogP) is 10.6. The number of rotatable bonds is 4. The van der Waals surface area contributed by atoms with Gasteiger partial charge in [-0.2, -0.15) is 0 Å². The molecule has 0 atom stereocenters. The predicted molar refractivity (Wildman–Crippen MR) is 197 cm³/mol. The fraction of sp³-hybridized carbons (Fsp3) is 0. The molecule has 0 saturated heterocycles. The molecule has 5 nitrogen and oxygen atoms in total. The number of aromatic nitrogens is 5. The summed E-state index contributed by atoms with van der Waals surface area (Å²) < 4.78 is 4.57. The van der Waals surface area contributed by atoms with Gasteiger partial charge in [-0.05, 0) is 47.9 Å². The molecule has 6 aromatic carbocycles. The first kappa shape index (κ1) is 26.6. The standard InChI is InChI=1S/C43H27N5/c1-2-11-32(12-3-1)47-27-25-31-22-24-38-39(41(31)47)35-23-21-28-10-4-5-13-33(28)42(35)48(38)43-45-37-16-7-6-14-34(37)40(46-43)30-19-17-29(18-20-30)36-15-8-9-26-44-36/h1-27H. The van der Waals surface area contributed by atoms with E-state index in [4.69, 9.17) is 9.97 Å². The summed E-state index contributed by atoms with van der Waals surface area (Å²) >= 11 is 0. The fourth-order valence-corrected chi connectivity index (χ4v) is 7.22. The molecule has 0 unspecified atom stereocenters. The summed E-state index contributed by atoms with van der Waals surface area (Å²) in [4.78, 5) is 15.2. The summed E-state index contributed by atoms with van der Waals surface area (Å²) in [6, 6.07) is 53.1. The van der Waals surface area contributed by atoms with E-state index >= 15 is 0 Å². The lowest BCUT2D eigenvalue weighted by Gasteiger charge is -2.13. The normalized spacial score (nSPS) is 11.8. The van der Waals surface area contributed by atoms with E-state index in [1.54, 1.807) is 0 Å². The molecule has 0 amide bonds. The van der Waals surface area contributed by atoms with E-state index in [0.29, 0.717) is 5.95 Å². The molecule has 10 rings (SSSR count). The molecule has 0 saturated carbocycles.